The van der Waals surface area contributed by atoms with Gasteiger partial charge in [0.25, 0.3) is 5.91 Å². The van der Waals surface area contributed by atoms with Crippen LogP contribution in [-0.4, -0.2) is 24.6 Å². The van der Waals surface area contributed by atoms with Gasteiger partial charge in [-0.2, -0.15) is 0 Å². The monoisotopic (exact) mass is 342 g/mol. The molecule has 0 saturated heterocycles. The lowest BCUT2D eigenvalue weighted by atomic mass is 10.1. The zero-order chi connectivity index (χ0) is 16.9. The number of carbonyl (C=O) groups is 1. The van der Waals surface area contributed by atoms with Crippen molar-refractivity contribution in [3.63, 3.8) is 0 Å². The lowest BCUT2D eigenvalue weighted by molar-refractivity contribution is 0.102. The molecule has 2 heterocycles. The van der Waals surface area contributed by atoms with Crippen LogP contribution in [0.2, 0.25) is 0 Å². The Morgan fingerprint density at radius 1 is 1.29 bits per heavy atom. The fraction of sp³-hybridized carbons (Fsp3) is 0.222. The van der Waals surface area contributed by atoms with E-state index in [9.17, 15) is 4.79 Å². The number of aromatic nitrogens is 1. The Bertz CT molecular complexity index is 821. The van der Waals surface area contributed by atoms with E-state index in [0.29, 0.717) is 23.1 Å². The normalized spacial score (nSPS) is 10.8. The smallest absolute Gasteiger partial charge is 0.260 e. The fourth-order valence-electron chi connectivity index (χ4n) is 2.31. The first-order chi connectivity index (χ1) is 11.7. The minimum Gasteiger partial charge on any atom is -0.469 e. The van der Waals surface area contributed by atoms with Crippen LogP contribution in [-0.2, 0) is 11.2 Å². The van der Waals surface area contributed by atoms with Gasteiger partial charge < -0.3 is 9.15 Å². The van der Waals surface area contributed by atoms with Crippen molar-refractivity contribution in [3.05, 3.63) is 58.9 Å². The molecule has 0 radical (unpaired) electrons. The van der Waals surface area contributed by atoms with Crippen LogP contribution in [0.1, 0.15) is 21.7 Å². The number of methoxy groups -OCH3 is 1. The summed E-state index contributed by atoms with van der Waals surface area (Å²) in [4.78, 5) is 16.7. The summed E-state index contributed by atoms with van der Waals surface area (Å²) >= 11 is 1.40. The maximum atomic E-state index is 12.2. The molecule has 0 fully saturated rings. The predicted octanol–water partition coefficient (Wildman–Crippen LogP) is 4.15. The highest BCUT2D eigenvalue weighted by atomic mass is 32.1. The third-order valence-electron chi connectivity index (χ3n) is 3.67. The molecular weight excluding hydrogens is 324 g/mol. The first-order valence-corrected chi connectivity index (χ1v) is 8.44. The van der Waals surface area contributed by atoms with Gasteiger partial charge in [0, 0.05) is 18.1 Å². The largest absolute Gasteiger partial charge is 0.469 e. The molecule has 1 aromatic carbocycles. The third kappa shape index (κ3) is 3.72. The number of hydrogen-bond acceptors (Lipinski definition) is 5. The lowest BCUT2D eigenvalue weighted by Gasteiger charge is -2.02. The van der Waals surface area contributed by atoms with Crippen LogP contribution in [0.5, 0.6) is 0 Å². The van der Waals surface area contributed by atoms with Crippen LogP contribution >= 0.6 is 11.3 Å². The van der Waals surface area contributed by atoms with Crippen molar-refractivity contribution in [2.75, 3.05) is 19.0 Å². The average Bonchev–Trinajstić information content (AvgIpc) is 3.22. The van der Waals surface area contributed by atoms with Gasteiger partial charge in [-0.3, -0.25) is 10.1 Å². The van der Waals surface area contributed by atoms with Crippen molar-refractivity contribution in [2.45, 2.75) is 13.3 Å². The molecule has 1 amide bonds. The number of hydrogen-bond donors (Lipinski definition) is 1. The number of thiazole rings is 1. The molecule has 3 aromatic rings. The third-order valence-corrected chi connectivity index (χ3v) is 4.43. The molecule has 2 aromatic heterocycles. The number of nitrogens with one attached hydrogen (secondary N) is 1. The van der Waals surface area contributed by atoms with Gasteiger partial charge in [0.05, 0.1) is 24.1 Å². The molecule has 0 unspecified atom stereocenters. The summed E-state index contributed by atoms with van der Waals surface area (Å²) in [5, 5.41) is 5.31. The first-order valence-electron chi connectivity index (χ1n) is 7.56. The second kappa shape index (κ2) is 7.42. The first kappa shape index (κ1) is 16.4. The van der Waals surface area contributed by atoms with Crippen molar-refractivity contribution in [3.8, 4) is 11.3 Å². The van der Waals surface area contributed by atoms with Crippen molar-refractivity contribution in [2.24, 2.45) is 0 Å². The number of ether oxygens (including phenoxy) is 1. The molecular formula is C18H18N2O3S. The topological polar surface area (TPSA) is 64.4 Å². The van der Waals surface area contributed by atoms with Crippen molar-refractivity contribution in [1.82, 2.24) is 4.98 Å². The molecule has 124 valence electrons. The van der Waals surface area contributed by atoms with E-state index in [1.54, 1.807) is 20.1 Å². The Kier molecular flexibility index (Phi) is 5.08. The summed E-state index contributed by atoms with van der Waals surface area (Å²) in [6.07, 6.45) is 2.39. The van der Waals surface area contributed by atoms with Crippen molar-refractivity contribution >= 4 is 22.4 Å². The van der Waals surface area contributed by atoms with Crippen LogP contribution in [0.3, 0.4) is 0 Å². The van der Waals surface area contributed by atoms with E-state index >= 15 is 0 Å². The number of anilines is 1. The number of amides is 1. The Morgan fingerprint density at radius 3 is 2.75 bits per heavy atom. The minimum atomic E-state index is -0.211. The molecule has 5 nitrogen and oxygen atoms in total. The maximum Gasteiger partial charge on any atom is 0.260 e. The number of benzene rings is 1. The molecule has 0 aliphatic carbocycles. The molecule has 0 bridgehead atoms. The van der Waals surface area contributed by atoms with E-state index < -0.39 is 0 Å². The summed E-state index contributed by atoms with van der Waals surface area (Å²) < 4.78 is 10.2. The predicted molar refractivity (Wildman–Crippen MR) is 94.5 cm³/mol. The average molecular weight is 342 g/mol. The van der Waals surface area contributed by atoms with Crippen molar-refractivity contribution in [1.29, 1.82) is 0 Å². The minimum absolute atomic E-state index is 0.211. The van der Waals surface area contributed by atoms with E-state index in [2.05, 4.69) is 22.4 Å². The molecule has 0 atom stereocenters. The maximum absolute atomic E-state index is 12.2. The molecule has 0 spiro atoms. The SMILES string of the molecule is COCCc1ccc(-c2csc(NC(=O)c3ccoc3C)n2)cc1. The van der Waals surface area contributed by atoms with Gasteiger partial charge in [0.15, 0.2) is 5.13 Å². The Hall–Kier alpha value is -2.44. The summed E-state index contributed by atoms with van der Waals surface area (Å²) in [6, 6.07) is 9.86. The molecule has 3 rings (SSSR count). The molecule has 0 saturated carbocycles. The van der Waals surface area contributed by atoms with Crippen LogP contribution in [0.25, 0.3) is 11.3 Å². The van der Waals surface area contributed by atoms with E-state index in [1.807, 2.05) is 17.5 Å². The number of aryl methyl sites for hydroxylation is 1. The van der Waals surface area contributed by atoms with Crippen LogP contribution in [0, 0.1) is 6.92 Å². The second-order valence-corrected chi connectivity index (χ2v) is 6.18. The lowest BCUT2D eigenvalue weighted by Crippen LogP contribution is -2.11. The number of nitrogens with zero attached hydrogens (tertiary/aromatic N) is 1. The summed E-state index contributed by atoms with van der Waals surface area (Å²) in [6.45, 7) is 2.47. The quantitative estimate of drug-likeness (QED) is 0.731. The van der Waals surface area contributed by atoms with E-state index in [0.717, 1.165) is 17.7 Å². The van der Waals surface area contributed by atoms with Gasteiger partial charge in [0.2, 0.25) is 0 Å². The molecule has 0 aliphatic heterocycles. The van der Waals surface area contributed by atoms with Crippen LogP contribution < -0.4 is 5.32 Å². The zero-order valence-electron chi connectivity index (χ0n) is 13.5. The number of carbonyl (C=O) groups excluding carboxylic acids is 1. The summed E-state index contributed by atoms with van der Waals surface area (Å²) in [7, 11) is 1.70. The summed E-state index contributed by atoms with van der Waals surface area (Å²) in [5.74, 6) is 0.382. The van der Waals surface area contributed by atoms with Gasteiger partial charge in [-0.25, -0.2) is 4.98 Å². The highest BCUT2D eigenvalue weighted by Gasteiger charge is 2.13. The van der Waals surface area contributed by atoms with Gasteiger partial charge >= 0.3 is 0 Å². The number of furan rings is 1. The van der Waals surface area contributed by atoms with Crippen LogP contribution in [0.15, 0.2) is 46.4 Å². The van der Waals surface area contributed by atoms with E-state index in [4.69, 9.17) is 9.15 Å². The summed E-state index contributed by atoms with van der Waals surface area (Å²) in [5.41, 5.74) is 3.61. The molecule has 24 heavy (non-hydrogen) atoms. The Balaban J connectivity index is 1.69. The second-order valence-electron chi connectivity index (χ2n) is 5.32. The van der Waals surface area contributed by atoms with E-state index in [-0.39, 0.29) is 5.91 Å². The standard InChI is InChI=1S/C18H18N2O3S/c1-12-15(8-10-23-12)17(21)20-18-19-16(11-24-18)14-5-3-13(4-6-14)7-9-22-2/h3-6,8,10-11H,7,9H2,1-2H3,(H,19,20,21). The molecule has 6 heteroatoms. The Morgan fingerprint density at radius 2 is 2.08 bits per heavy atom. The highest BCUT2D eigenvalue weighted by Crippen LogP contribution is 2.26. The van der Waals surface area contributed by atoms with Gasteiger partial charge in [-0.1, -0.05) is 24.3 Å². The van der Waals surface area contributed by atoms with Crippen LogP contribution in [0.4, 0.5) is 5.13 Å². The van der Waals surface area contributed by atoms with Gasteiger partial charge in [-0.15, -0.1) is 11.3 Å². The van der Waals surface area contributed by atoms with Gasteiger partial charge in [-0.05, 0) is 25.0 Å². The fourth-order valence-corrected chi connectivity index (χ4v) is 3.03. The van der Waals surface area contributed by atoms with Gasteiger partial charge in [0.1, 0.15) is 5.76 Å². The Labute approximate surface area is 144 Å². The zero-order valence-corrected chi connectivity index (χ0v) is 14.4. The molecule has 1 N–H and O–H groups in total. The van der Waals surface area contributed by atoms with Crippen molar-refractivity contribution < 1.29 is 13.9 Å². The number of rotatable bonds is 6. The van der Waals surface area contributed by atoms with E-state index in [1.165, 1.54) is 23.2 Å². The highest BCUT2D eigenvalue weighted by molar-refractivity contribution is 7.14. The molecule has 0 aliphatic rings.